The van der Waals surface area contributed by atoms with E-state index in [1.54, 1.807) is 18.3 Å². The van der Waals surface area contributed by atoms with Gasteiger partial charge in [0.05, 0.1) is 5.56 Å². The molecule has 21 heavy (non-hydrogen) atoms. The predicted octanol–water partition coefficient (Wildman–Crippen LogP) is 1.94. The Morgan fingerprint density at radius 2 is 2.10 bits per heavy atom. The molecule has 1 aromatic carbocycles. The largest absolute Gasteiger partial charge is 0.491 e. The number of rotatable bonds is 6. The molecular weight excluding hydrogens is 273 g/mol. The number of anilines is 1. The molecule has 0 spiro atoms. The lowest BCUT2D eigenvalue weighted by molar-refractivity contribution is 0.117. The molecule has 1 heterocycles. The first kappa shape index (κ1) is 14.8. The zero-order valence-corrected chi connectivity index (χ0v) is 11.2. The van der Waals surface area contributed by atoms with Crippen molar-refractivity contribution >= 4 is 5.82 Å². The van der Waals surface area contributed by atoms with E-state index in [0.29, 0.717) is 17.1 Å². The molecule has 0 saturated heterocycles. The monoisotopic (exact) mass is 287 g/mol. The minimum Gasteiger partial charge on any atom is -0.491 e. The number of nitriles is 1. The molecular formula is C15H14FN3O2. The van der Waals surface area contributed by atoms with E-state index in [1.807, 2.05) is 6.07 Å². The number of pyridine rings is 1. The van der Waals surface area contributed by atoms with Gasteiger partial charge in [0.1, 0.15) is 36.2 Å². The minimum atomic E-state index is -0.788. The highest BCUT2D eigenvalue weighted by Gasteiger charge is 2.08. The van der Waals surface area contributed by atoms with Crippen molar-refractivity contribution in [2.24, 2.45) is 0 Å². The van der Waals surface area contributed by atoms with Crippen LogP contribution in [-0.4, -0.2) is 29.3 Å². The molecule has 0 radical (unpaired) electrons. The van der Waals surface area contributed by atoms with Gasteiger partial charge >= 0.3 is 0 Å². The minimum absolute atomic E-state index is 0.0490. The Labute approximate surface area is 121 Å². The van der Waals surface area contributed by atoms with Crippen LogP contribution in [0.1, 0.15) is 5.56 Å². The van der Waals surface area contributed by atoms with Gasteiger partial charge in [0.15, 0.2) is 0 Å². The van der Waals surface area contributed by atoms with Crippen molar-refractivity contribution in [3.63, 3.8) is 0 Å². The van der Waals surface area contributed by atoms with Crippen molar-refractivity contribution in [3.8, 4) is 11.8 Å². The van der Waals surface area contributed by atoms with Gasteiger partial charge in [0.2, 0.25) is 0 Å². The van der Waals surface area contributed by atoms with Crippen molar-refractivity contribution in [2.75, 3.05) is 18.5 Å². The number of halogens is 1. The van der Waals surface area contributed by atoms with E-state index in [0.717, 1.165) is 0 Å². The lowest BCUT2D eigenvalue weighted by Crippen LogP contribution is -2.26. The Morgan fingerprint density at radius 1 is 1.33 bits per heavy atom. The van der Waals surface area contributed by atoms with E-state index in [1.165, 1.54) is 24.3 Å². The molecule has 6 heteroatoms. The topological polar surface area (TPSA) is 78.2 Å². The first-order valence-electron chi connectivity index (χ1n) is 6.34. The SMILES string of the molecule is N#Cc1cccnc1NCC(O)COc1ccc(F)cc1. The van der Waals surface area contributed by atoms with Gasteiger partial charge in [-0.3, -0.25) is 0 Å². The van der Waals surface area contributed by atoms with Gasteiger partial charge in [-0.15, -0.1) is 0 Å². The Bertz CT molecular complexity index is 626. The van der Waals surface area contributed by atoms with Crippen molar-refractivity contribution in [1.29, 1.82) is 5.26 Å². The average Bonchev–Trinajstić information content (AvgIpc) is 2.52. The molecule has 108 valence electrons. The summed E-state index contributed by atoms with van der Waals surface area (Å²) in [6.07, 6.45) is 0.772. The zero-order valence-electron chi connectivity index (χ0n) is 11.2. The molecule has 0 aliphatic carbocycles. The second kappa shape index (κ2) is 7.22. The fraction of sp³-hybridized carbons (Fsp3) is 0.200. The fourth-order valence-corrected chi connectivity index (χ4v) is 1.63. The number of ether oxygens (including phenoxy) is 1. The van der Waals surface area contributed by atoms with Gasteiger partial charge < -0.3 is 15.2 Å². The van der Waals surface area contributed by atoms with Crippen LogP contribution < -0.4 is 10.1 Å². The second-order valence-corrected chi connectivity index (χ2v) is 4.31. The van der Waals surface area contributed by atoms with E-state index in [4.69, 9.17) is 10.00 Å². The number of nitrogens with one attached hydrogen (secondary N) is 1. The standard InChI is InChI=1S/C15H14FN3O2/c16-12-3-5-14(6-4-12)21-10-13(20)9-19-15-11(8-17)2-1-7-18-15/h1-7,13,20H,9-10H2,(H,18,19). The molecule has 0 saturated carbocycles. The molecule has 0 fully saturated rings. The van der Waals surface area contributed by atoms with Gasteiger partial charge in [0, 0.05) is 12.7 Å². The molecule has 2 rings (SSSR count). The summed E-state index contributed by atoms with van der Waals surface area (Å²) < 4.78 is 18.0. The van der Waals surface area contributed by atoms with E-state index in [-0.39, 0.29) is 19.0 Å². The van der Waals surface area contributed by atoms with E-state index in [2.05, 4.69) is 10.3 Å². The van der Waals surface area contributed by atoms with Gasteiger partial charge in [0.25, 0.3) is 0 Å². The predicted molar refractivity (Wildman–Crippen MR) is 75.3 cm³/mol. The van der Waals surface area contributed by atoms with Crippen LogP contribution in [0.5, 0.6) is 5.75 Å². The van der Waals surface area contributed by atoms with Crippen LogP contribution in [-0.2, 0) is 0 Å². The number of aliphatic hydroxyl groups is 1. The third-order valence-corrected chi connectivity index (χ3v) is 2.69. The summed E-state index contributed by atoms with van der Waals surface area (Å²) in [6, 6.07) is 10.9. The summed E-state index contributed by atoms with van der Waals surface area (Å²) in [4.78, 5) is 4.02. The third-order valence-electron chi connectivity index (χ3n) is 2.69. The summed E-state index contributed by atoms with van der Waals surface area (Å²) >= 11 is 0. The Hall–Kier alpha value is -2.65. The molecule has 1 aromatic heterocycles. The molecule has 2 aromatic rings. The molecule has 1 unspecified atom stereocenters. The van der Waals surface area contributed by atoms with Crippen LogP contribution in [0, 0.1) is 17.1 Å². The van der Waals surface area contributed by atoms with Crippen molar-refractivity contribution in [1.82, 2.24) is 4.98 Å². The van der Waals surface area contributed by atoms with Crippen molar-refractivity contribution in [3.05, 3.63) is 54.0 Å². The normalized spacial score (nSPS) is 11.5. The Balaban J connectivity index is 1.81. The lowest BCUT2D eigenvalue weighted by atomic mass is 10.2. The molecule has 1 atom stereocenters. The van der Waals surface area contributed by atoms with E-state index in [9.17, 15) is 9.50 Å². The molecule has 5 nitrogen and oxygen atoms in total. The maximum atomic E-state index is 12.7. The Kier molecular flexibility index (Phi) is 5.07. The van der Waals surface area contributed by atoms with Crippen LogP contribution in [0.15, 0.2) is 42.6 Å². The first-order chi connectivity index (χ1) is 10.2. The molecule has 0 aliphatic rings. The first-order valence-corrected chi connectivity index (χ1v) is 6.34. The fourth-order valence-electron chi connectivity index (χ4n) is 1.63. The van der Waals surface area contributed by atoms with Crippen molar-refractivity contribution in [2.45, 2.75) is 6.10 Å². The van der Waals surface area contributed by atoms with Crippen LogP contribution in [0.4, 0.5) is 10.2 Å². The third kappa shape index (κ3) is 4.44. The number of benzene rings is 1. The van der Waals surface area contributed by atoms with Crippen molar-refractivity contribution < 1.29 is 14.2 Å². The number of aliphatic hydroxyl groups excluding tert-OH is 1. The number of nitrogens with zero attached hydrogens (tertiary/aromatic N) is 2. The van der Waals surface area contributed by atoms with E-state index >= 15 is 0 Å². The Morgan fingerprint density at radius 3 is 2.81 bits per heavy atom. The lowest BCUT2D eigenvalue weighted by Gasteiger charge is -2.14. The number of aromatic nitrogens is 1. The van der Waals surface area contributed by atoms with Crippen LogP contribution >= 0.6 is 0 Å². The van der Waals surface area contributed by atoms with E-state index < -0.39 is 6.10 Å². The second-order valence-electron chi connectivity index (χ2n) is 4.31. The van der Waals surface area contributed by atoms with Gasteiger partial charge in [-0.1, -0.05) is 0 Å². The van der Waals surface area contributed by atoms with Gasteiger partial charge in [-0.2, -0.15) is 5.26 Å². The summed E-state index contributed by atoms with van der Waals surface area (Å²) in [5, 5.41) is 21.6. The quantitative estimate of drug-likeness (QED) is 0.849. The van der Waals surface area contributed by atoms with Crippen LogP contribution in [0.2, 0.25) is 0 Å². The summed E-state index contributed by atoms with van der Waals surface area (Å²) in [7, 11) is 0. The number of hydrogen-bond acceptors (Lipinski definition) is 5. The smallest absolute Gasteiger partial charge is 0.143 e. The summed E-state index contributed by atoms with van der Waals surface area (Å²) in [5.74, 6) is 0.551. The van der Waals surface area contributed by atoms with Gasteiger partial charge in [-0.05, 0) is 36.4 Å². The number of hydrogen-bond donors (Lipinski definition) is 2. The molecule has 0 amide bonds. The summed E-state index contributed by atoms with van der Waals surface area (Å²) in [6.45, 7) is 0.236. The molecule has 0 bridgehead atoms. The average molecular weight is 287 g/mol. The molecule has 2 N–H and O–H groups in total. The maximum Gasteiger partial charge on any atom is 0.143 e. The van der Waals surface area contributed by atoms with Gasteiger partial charge in [-0.25, -0.2) is 9.37 Å². The van der Waals surface area contributed by atoms with Crippen LogP contribution in [0.25, 0.3) is 0 Å². The zero-order chi connectivity index (χ0) is 15.1. The highest BCUT2D eigenvalue weighted by atomic mass is 19.1. The van der Waals surface area contributed by atoms with Crippen LogP contribution in [0.3, 0.4) is 0 Å². The maximum absolute atomic E-state index is 12.7. The highest BCUT2D eigenvalue weighted by Crippen LogP contribution is 2.12. The molecule has 0 aliphatic heterocycles. The summed E-state index contributed by atoms with van der Waals surface area (Å²) in [5.41, 5.74) is 0.407. The highest BCUT2D eigenvalue weighted by molar-refractivity contribution is 5.51.